The van der Waals surface area contributed by atoms with Crippen molar-refractivity contribution in [1.29, 1.82) is 0 Å². The second-order valence-electron chi connectivity index (χ2n) is 6.94. The van der Waals surface area contributed by atoms with E-state index in [4.69, 9.17) is 14.5 Å². The molecule has 1 aliphatic rings. The van der Waals surface area contributed by atoms with Crippen LogP contribution in [0.2, 0.25) is 0 Å². The summed E-state index contributed by atoms with van der Waals surface area (Å²) in [6.07, 6.45) is 6.69. The smallest absolute Gasteiger partial charge is 0.191 e. The molecular weight excluding hydrogens is 499 g/mol. The number of hydrogen-bond acceptors (Lipinski definition) is 5. The van der Waals surface area contributed by atoms with E-state index in [1.165, 1.54) is 12.2 Å². The molecular formula is C21H37IN4O2S. The van der Waals surface area contributed by atoms with Gasteiger partial charge in [0.1, 0.15) is 11.5 Å². The van der Waals surface area contributed by atoms with Crippen LogP contribution in [0.15, 0.2) is 23.2 Å². The van der Waals surface area contributed by atoms with Crippen LogP contribution in [0.25, 0.3) is 0 Å². The van der Waals surface area contributed by atoms with E-state index in [9.17, 15) is 0 Å². The summed E-state index contributed by atoms with van der Waals surface area (Å²) in [6, 6.07) is 6.52. The maximum atomic E-state index is 5.41. The number of rotatable bonds is 10. The third-order valence-electron chi connectivity index (χ3n) is 4.91. The first-order chi connectivity index (χ1) is 13.7. The van der Waals surface area contributed by atoms with E-state index < -0.39 is 0 Å². The molecule has 1 saturated heterocycles. The fraction of sp³-hybridized carbons (Fsp3) is 0.667. The summed E-state index contributed by atoms with van der Waals surface area (Å²) in [4.78, 5) is 7.14. The van der Waals surface area contributed by atoms with Gasteiger partial charge in [-0.3, -0.25) is 4.99 Å². The molecule has 0 bridgehead atoms. The number of thioether (sulfide) groups is 1. The second-order valence-corrected chi connectivity index (χ2v) is 7.92. The quantitative estimate of drug-likeness (QED) is 0.204. The van der Waals surface area contributed by atoms with E-state index in [1.54, 1.807) is 14.2 Å². The fourth-order valence-electron chi connectivity index (χ4n) is 3.32. The number of benzene rings is 1. The molecule has 0 spiro atoms. The Morgan fingerprint density at radius 2 is 1.79 bits per heavy atom. The molecule has 1 aromatic rings. The Balaban J connectivity index is 0.00000420. The van der Waals surface area contributed by atoms with Crippen LogP contribution in [-0.2, 0) is 0 Å². The van der Waals surface area contributed by atoms with Crippen molar-refractivity contribution >= 4 is 47.4 Å². The average molecular weight is 537 g/mol. The molecule has 29 heavy (non-hydrogen) atoms. The highest BCUT2D eigenvalue weighted by Crippen LogP contribution is 2.30. The standard InChI is InChI=1S/C21H36N4O2S.HI/c1-5-22-21(23-10-6-7-13-28-4)24-17-8-11-25(12-9-17)18-14-19(26-2)16-20(15-18)27-3;/h14-17H,5-13H2,1-4H3,(H2,22,23,24);1H. The van der Waals surface area contributed by atoms with Gasteiger partial charge in [0.2, 0.25) is 0 Å². The van der Waals surface area contributed by atoms with Crippen LogP contribution < -0.4 is 25.0 Å². The van der Waals surface area contributed by atoms with Crippen molar-refractivity contribution in [3.05, 3.63) is 18.2 Å². The summed E-state index contributed by atoms with van der Waals surface area (Å²) in [5.74, 6) is 3.83. The molecule has 2 N–H and O–H groups in total. The minimum Gasteiger partial charge on any atom is -0.497 e. The number of methoxy groups -OCH3 is 2. The highest BCUT2D eigenvalue weighted by atomic mass is 127. The van der Waals surface area contributed by atoms with Gasteiger partial charge in [-0.25, -0.2) is 0 Å². The molecule has 6 nitrogen and oxygen atoms in total. The molecule has 0 saturated carbocycles. The minimum atomic E-state index is 0. The predicted molar refractivity (Wildman–Crippen MR) is 137 cm³/mol. The first-order valence-electron chi connectivity index (χ1n) is 10.2. The Morgan fingerprint density at radius 1 is 1.14 bits per heavy atom. The average Bonchev–Trinajstić information content (AvgIpc) is 2.73. The number of nitrogens with zero attached hydrogens (tertiary/aromatic N) is 2. The molecule has 166 valence electrons. The predicted octanol–water partition coefficient (Wildman–Crippen LogP) is 3.99. The molecule has 2 rings (SSSR count). The second kappa shape index (κ2) is 14.9. The topological polar surface area (TPSA) is 58.1 Å². The highest BCUT2D eigenvalue weighted by molar-refractivity contribution is 14.0. The maximum Gasteiger partial charge on any atom is 0.191 e. The molecule has 0 atom stereocenters. The number of piperidine rings is 1. The van der Waals surface area contributed by atoms with Crippen LogP contribution >= 0.6 is 35.7 Å². The molecule has 1 fully saturated rings. The lowest BCUT2D eigenvalue weighted by atomic mass is 10.0. The normalized spacial score (nSPS) is 14.9. The van der Waals surface area contributed by atoms with E-state index in [0.29, 0.717) is 6.04 Å². The van der Waals surface area contributed by atoms with Crippen molar-refractivity contribution in [2.75, 3.05) is 57.3 Å². The summed E-state index contributed by atoms with van der Waals surface area (Å²) < 4.78 is 10.8. The van der Waals surface area contributed by atoms with Crippen molar-refractivity contribution in [1.82, 2.24) is 10.6 Å². The van der Waals surface area contributed by atoms with E-state index in [2.05, 4.69) is 40.8 Å². The van der Waals surface area contributed by atoms with E-state index >= 15 is 0 Å². The number of nitrogens with one attached hydrogen (secondary N) is 2. The third kappa shape index (κ3) is 9.11. The largest absolute Gasteiger partial charge is 0.497 e. The lowest BCUT2D eigenvalue weighted by Crippen LogP contribution is -2.48. The third-order valence-corrected chi connectivity index (χ3v) is 5.60. The summed E-state index contributed by atoms with van der Waals surface area (Å²) in [5.41, 5.74) is 1.16. The number of ether oxygens (including phenoxy) is 2. The molecule has 1 heterocycles. The van der Waals surface area contributed by atoms with Gasteiger partial charge in [0.25, 0.3) is 0 Å². The molecule has 1 aromatic carbocycles. The molecule has 8 heteroatoms. The monoisotopic (exact) mass is 536 g/mol. The van der Waals surface area contributed by atoms with Crippen LogP contribution in [0.1, 0.15) is 32.6 Å². The number of anilines is 1. The highest BCUT2D eigenvalue weighted by Gasteiger charge is 2.21. The molecule has 0 unspecified atom stereocenters. The molecule has 1 aliphatic heterocycles. The number of guanidine groups is 1. The summed E-state index contributed by atoms with van der Waals surface area (Å²) in [7, 11) is 3.38. The zero-order chi connectivity index (χ0) is 20.2. The van der Waals surface area contributed by atoms with Crippen LogP contribution in [0.3, 0.4) is 0 Å². The minimum absolute atomic E-state index is 0. The Morgan fingerprint density at radius 3 is 2.34 bits per heavy atom. The Hall–Kier alpha value is -1.03. The first-order valence-corrected chi connectivity index (χ1v) is 11.6. The Labute approximate surface area is 197 Å². The van der Waals surface area contributed by atoms with Crippen molar-refractivity contribution in [3.63, 3.8) is 0 Å². The molecule has 0 amide bonds. The Kier molecular flexibility index (Phi) is 13.3. The summed E-state index contributed by atoms with van der Waals surface area (Å²) in [6.45, 7) is 5.89. The lowest BCUT2D eigenvalue weighted by Gasteiger charge is -2.34. The molecule has 0 radical (unpaired) electrons. The summed E-state index contributed by atoms with van der Waals surface area (Å²) >= 11 is 1.90. The van der Waals surface area contributed by atoms with Gasteiger partial charge >= 0.3 is 0 Å². The molecule has 0 aromatic heterocycles. The number of hydrogen-bond donors (Lipinski definition) is 2. The van der Waals surface area contributed by atoms with Crippen LogP contribution in [0.4, 0.5) is 5.69 Å². The van der Waals surface area contributed by atoms with Crippen molar-refractivity contribution in [3.8, 4) is 11.5 Å². The van der Waals surface area contributed by atoms with Gasteiger partial charge in [0.15, 0.2) is 5.96 Å². The first kappa shape index (κ1) is 26.0. The van der Waals surface area contributed by atoms with Gasteiger partial charge in [-0.1, -0.05) is 0 Å². The SMILES string of the molecule is CCNC(=NCCCCSC)NC1CCN(c2cc(OC)cc(OC)c2)CC1.I. The van der Waals surface area contributed by atoms with Gasteiger partial charge in [-0.2, -0.15) is 11.8 Å². The van der Waals surface area contributed by atoms with E-state index in [0.717, 1.165) is 68.6 Å². The van der Waals surface area contributed by atoms with Gasteiger partial charge in [0, 0.05) is 56.1 Å². The lowest BCUT2D eigenvalue weighted by molar-refractivity contribution is 0.393. The van der Waals surface area contributed by atoms with Gasteiger partial charge in [-0.15, -0.1) is 24.0 Å². The Bertz CT molecular complexity index is 588. The van der Waals surface area contributed by atoms with Crippen molar-refractivity contribution < 1.29 is 9.47 Å². The number of halogens is 1. The number of aliphatic imine (C=N–C) groups is 1. The zero-order valence-corrected chi connectivity index (χ0v) is 21.3. The van der Waals surface area contributed by atoms with Gasteiger partial charge < -0.3 is 25.0 Å². The van der Waals surface area contributed by atoms with Gasteiger partial charge in [0.05, 0.1) is 14.2 Å². The molecule has 0 aliphatic carbocycles. The number of unbranched alkanes of at least 4 members (excludes halogenated alkanes) is 1. The van der Waals surface area contributed by atoms with E-state index in [1.807, 2.05) is 17.8 Å². The van der Waals surface area contributed by atoms with E-state index in [-0.39, 0.29) is 24.0 Å². The van der Waals surface area contributed by atoms with Crippen LogP contribution in [0.5, 0.6) is 11.5 Å². The fourth-order valence-corrected chi connectivity index (χ4v) is 3.81. The van der Waals surface area contributed by atoms with Crippen LogP contribution in [-0.4, -0.2) is 64.4 Å². The zero-order valence-electron chi connectivity index (χ0n) is 18.2. The van der Waals surface area contributed by atoms with Gasteiger partial charge in [-0.05, 0) is 44.6 Å². The van der Waals surface area contributed by atoms with Crippen molar-refractivity contribution in [2.24, 2.45) is 4.99 Å². The maximum absolute atomic E-state index is 5.41. The van der Waals surface area contributed by atoms with Crippen LogP contribution in [0, 0.1) is 0 Å². The summed E-state index contributed by atoms with van der Waals surface area (Å²) in [5, 5.41) is 7.00. The van der Waals surface area contributed by atoms with Crippen molar-refractivity contribution in [2.45, 2.75) is 38.6 Å².